The highest BCUT2D eigenvalue weighted by Crippen LogP contribution is 2.22. The number of carbonyl (C=O) groups excluding carboxylic acids is 2. The summed E-state index contributed by atoms with van der Waals surface area (Å²) in [5.74, 6) is 0.204. The van der Waals surface area contributed by atoms with Crippen molar-refractivity contribution in [2.24, 2.45) is 0 Å². The molecule has 0 aromatic heterocycles. The van der Waals surface area contributed by atoms with E-state index in [1.807, 2.05) is 13.8 Å². The fraction of sp³-hybridized carbons (Fsp3) is 0.467. The lowest BCUT2D eigenvalue weighted by Crippen LogP contribution is -2.41. The van der Waals surface area contributed by atoms with E-state index in [-0.39, 0.29) is 18.4 Å². The fourth-order valence-electron chi connectivity index (χ4n) is 2.04. The summed E-state index contributed by atoms with van der Waals surface area (Å²) in [5.41, 5.74) is 6.62. The molecule has 0 unspecified atom stereocenters. The van der Waals surface area contributed by atoms with Crippen molar-refractivity contribution >= 4 is 17.5 Å². The molecule has 0 fully saturated rings. The Morgan fingerprint density at radius 1 is 1.24 bits per heavy atom. The number of hydrogen-bond acceptors (Lipinski definition) is 4. The lowest BCUT2D eigenvalue weighted by atomic mass is 10.1. The molecule has 1 aromatic carbocycles. The van der Waals surface area contributed by atoms with Crippen LogP contribution in [0.15, 0.2) is 18.2 Å². The molecule has 0 saturated heterocycles. The van der Waals surface area contributed by atoms with Gasteiger partial charge in [0, 0.05) is 25.7 Å². The molecule has 0 atom stereocenters. The van der Waals surface area contributed by atoms with Gasteiger partial charge in [0.15, 0.2) is 0 Å². The molecule has 0 aliphatic heterocycles. The molecule has 0 heterocycles. The largest absolute Gasteiger partial charge is 0.495 e. The second-order valence-electron chi connectivity index (χ2n) is 4.68. The van der Waals surface area contributed by atoms with Gasteiger partial charge in [-0.25, -0.2) is 0 Å². The maximum absolute atomic E-state index is 12.3. The Hall–Kier alpha value is -2.24. The summed E-state index contributed by atoms with van der Waals surface area (Å²) in [6.45, 7) is 5.13. The van der Waals surface area contributed by atoms with Gasteiger partial charge in [-0.05, 0) is 32.0 Å². The molecule has 0 aliphatic carbocycles. The van der Waals surface area contributed by atoms with Crippen LogP contribution in [0.1, 0.15) is 24.2 Å². The third kappa shape index (κ3) is 4.11. The standard InChI is InChI=1S/C15H23N3O3/c1-5-18(6-2)14(19)10-17(3)15(20)11-7-8-13(21-4)12(16)9-11/h7-9H,5-6,10,16H2,1-4H3. The van der Waals surface area contributed by atoms with Gasteiger partial charge < -0.3 is 20.3 Å². The smallest absolute Gasteiger partial charge is 0.254 e. The molecule has 0 spiro atoms. The predicted octanol–water partition coefficient (Wildman–Crippen LogP) is 1.22. The summed E-state index contributed by atoms with van der Waals surface area (Å²) < 4.78 is 5.05. The molecule has 0 saturated carbocycles. The molecule has 6 nitrogen and oxygen atoms in total. The van der Waals surface area contributed by atoms with E-state index in [0.717, 1.165) is 0 Å². The van der Waals surface area contributed by atoms with Crippen LogP contribution in [0.5, 0.6) is 5.75 Å². The number of likely N-dealkylation sites (N-methyl/N-ethyl adjacent to an activating group) is 2. The Balaban J connectivity index is 2.79. The van der Waals surface area contributed by atoms with Crippen LogP contribution in [0.25, 0.3) is 0 Å². The number of hydrogen-bond donors (Lipinski definition) is 1. The van der Waals surface area contributed by atoms with Gasteiger partial charge in [0.05, 0.1) is 19.3 Å². The van der Waals surface area contributed by atoms with Crippen molar-refractivity contribution < 1.29 is 14.3 Å². The predicted molar refractivity (Wildman–Crippen MR) is 82.3 cm³/mol. The summed E-state index contributed by atoms with van der Waals surface area (Å²) >= 11 is 0. The van der Waals surface area contributed by atoms with Crippen molar-refractivity contribution in [3.05, 3.63) is 23.8 Å². The van der Waals surface area contributed by atoms with Crippen molar-refractivity contribution in [2.75, 3.05) is 39.5 Å². The molecule has 1 rings (SSSR count). The molecule has 2 N–H and O–H groups in total. The van der Waals surface area contributed by atoms with E-state index in [0.29, 0.717) is 30.1 Å². The summed E-state index contributed by atoms with van der Waals surface area (Å²) in [5, 5.41) is 0. The molecule has 0 radical (unpaired) electrons. The number of ether oxygens (including phenoxy) is 1. The van der Waals surface area contributed by atoms with Crippen LogP contribution in [0.4, 0.5) is 5.69 Å². The van der Waals surface area contributed by atoms with E-state index in [1.165, 1.54) is 12.0 Å². The Morgan fingerprint density at radius 2 is 1.86 bits per heavy atom. The second kappa shape index (κ2) is 7.52. The number of nitrogens with zero attached hydrogens (tertiary/aromatic N) is 2. The van der Waals surface area contributed by atoms with Crippen molar-refractivity contribution in [3.63, 3.8) is 0 Å². The van der Waals surface area contributed by atoms with E-state index in [1.54, 1.807) is 30.1 Å². The summed E-state index contributed by atoms with van der Waals surface area (Å²) in [6.07, 6.45) is 0. The first-order valence-electron chi connectivity index (χ1n) is 6.91. The van der Waals surface area contributed by atoms with Gasteiger partial charge in [0.1, 0.15) is 5.75 Å². The van der Waals surface area contributed by atoms with E-state index < -0.39 is 0 Å². The third-order valence-electron chi connectivity index (χ3n) is 3.31. The van der Waals surface area contributed by atoms with Crippen molar-refractivity contribution in [3.8, 4) is 5.75 Å². The van der Waals surface area contributed by atoms with E-state index in [2.05, 4.69) is 0 Å². The number of nitrogen functional groups attached to an aromatic ring is 1. The van der Waals surface area contributed by atoms with Crippen molar-refractivity contribution in [2.45, 2.75) is 13.8 Å². The topological polar surface area (TPSA) is 75.9 Å². The number of nitrogens with two attached hydrogens (primary N) is 1. The zero-order chi connectivity index (χ0) is 16.0. The minimum Gasteiger partial charge on any atom is -0.495 e. The monoisotopic (exact) mass is 293 g/mol. The highest BCUT2D eigenvalue weighted by molar-refractivity contribution is 5.97. The zero-order valence-corrected chi connectivity index (χ0v) is 13.0. The van der Waals surface area contributed by atoms with Crippen LogP contribution in [-0.4, -0.2) is 55.4 Å². The van der Waals surface area contributed by atoms with Gasteiger partial charge in [-0.2, -0.15) is 0 Å². The lowest BCUT2D eigenvalue weighted by Gasteiger charge is -2.23. The lowest BCUT2D eigenvalue weighted by molar-refractivity contribution is -0.131. The number of benzene rings is 1. The third-order valence-corrected chi connectivity index (χ3v) is 3.31. The normalized spacial score (nSPS) is 10.1. The Labute approximate surface area is 125 Å². The molecule has 0 aliphatic rings. The maximum atomic E-state index is 12.3. The molecule has 2 amide bonds. The summed E-state index contributed by atoms with van der Waals surface area (Å²) in [7, 11) is 3.12. The van der Waals surface area contributed by atoms with E-state index >= 15 is 0 Å². The molecule has 6 heteroatoms. The molecule has 21 heavy (non-hydrogen) atoms. The molecule has 116 valence electrons. The fourth-order valence-corrected chi connectivity index (χ4v) is 2.04. The van der Waals surface area contributed by atoms with Gasteiger partial charge in [0.25, 0.3) is 5.91 Å². The Morgan fingerprint density at radius 3 is 2.33 bits per heavy atom. The average Bonchev–Trinajstić information content (AvgIpc) is 2.47. The number of rotatable bonds is 6. The van der Waals surface area contributed by atoms with Gasteiger partial charge in [-0.15, -0.1) is 0 Å². The molecule has 0 bridgehead atoms. The Bertz CT molecular complexity index is 513. The molecular weight excluding hydrogens is 270 g/mol. The van der Waals surface area contributed by atoms with E-state index in [9.17, 15) is 9.59 Å². The summed E-state index contributed by atoms with van der Waals surface area (Å²) in [4.78, 5) is 27.4. The number of amides is 2. The quantitative estimate of drug-likeness (QED) is 0.800. The van der Waals surface area contributed by atoms with Gasteiger partial charge in [0.2, 0.25) is 5.91 Å². The van der Waals surface area contributed by atoms with Crippen LogP contribution in [-0.2, 0) is 4.79 Å². The Kier molecular flexibility index (Phi) is 6.02. The minimum atomic E-state index is -0.246. The van der Waals surface area contributed by atoms with Crippen LogP contribution < -0.4 is 10.5 Å². The summed E-state index contributed by atoms with van der Waals surface area (Å²) in [6, 6.07) is 4.83. The van der Waals surface area contributed by atoms with Gasteiger partial charge in [-0.1, -0.05) is 0 Å². The first-order chi connectivity index (χ1) is 9.94. The maximum Gasteiger partial charge on any atom is 0.254 e. The first kappa shape index (κ1) is 16.8. The molecule has 1 aromatic rings. The second-order valence-corrected chi connectivity index (χ2v) is 4.68. The van der Waals surface area contributed by atoms with Crippen molar-refractivity contribution in [1.29, 1.82) is 0 Å². The van der Waals surface area contributed by atoms with E-state index in [4.69, 9.17) is 10.5 Å². The van der Waals surface area contributed by atoms with Crippen LogP contribution in [0.2, 0.25) is 0 Å². The highest BCUT2D eigenvalue weighted by Gasteiger charge is 2.18. The minimum absolute atomic E-state index is 0.0481. The van der Waals surface area contributed by atoms with Crippen LogP contribution in [0, 0.1) is 0 Å². The average molecular weight is 293 g/mol. The number of anilines is 1. The van der Waals surface area contributed by atoms with Crippen LogP contribution >= 0.6 is 0 Å². The SMILES string of the molecule is CCN(CC)C(=O)CN(C)C(=O)c1ccc(OC)c(N)c1. The highest BCUT2D eigenvalue weighted by atomic mass is 16.5. The van der Waals surface area contributed by atoms with Gasteiger partial charge >= 0.3 is 0 Å². The zero-order valence-electron chi connectivity index (χ0n) is 13.0. The van der Waals surface area contributed by atoms with Gasteiger partial charge in [-0.3, -0.25) is 9.59 Å². The number of methoxy groups -OCH3 is 1. The van der Waals surface area contributed by atoms with Crippen LogP contribution in [0.3, 0.4) is 0 Å². The number of carbonyl (C=O) groups is 2. The van der Waals surface area contributed by atoms with Crippen molar-refractivity contribution in [1.82, 2.24) is 9.80 Å². The molecular formula is C15H23N3O3. The first-order valence-corrected chi connectivity index (χ1v) is 6.91.